The summed E-state index contributed by atoms with van der Waals surface area (Å²) >= 11 is 0. The molecule has 0 amide bonds. The van der Waals surface area contributed by atoms with Crippen molar-refractivity contribution in [2.45, 2.75) is 33.1 Å². The van der Waals surface area contributed by atoms with Crippen LogP contribution in [-0.4, -0.2) is 23.0 Å². The second-order valence-electron chi connectivity index (χ2n) is 4.37. The average Bonchev–Trinajstić information content (AvgIpc) is 2.98. The monoisotopic (exact) mass is 274 g/mol. The van der Waals surface area contributed by atoms with Crippen molar-refractivity contribution in [1.29, 1.82) is 0 Å². The van der Waals surface area contributed by atoms with Gasteiger partial charge in [0.15, 0.2) is 0 Å². The normalized spacial score (nSPS) is 12.6. The van der Waals surface area contributed by atoms with Crippen LogP contribution in [-0.2, 0) is 17.6 Å². The first kappa shape index (κ1) is 14.2. The highest BCUT2D eigenvalue weighted by atomic mass is 16.5. The van der Waals surface area contributed by atoms with Crippen molar-refractivity contribution < 1.29 is 9.53 Å². The molecule has 5 heteroatoms. The molecule has 2 aromatic rings. The number of aromatic amines is 1. The summed E-state index contributed by atoms with van der Waals surface area (Å²) in [5.74, 6) is -0.502. The van der Waals surface area contributed by atoms with Gasteiger partial charge in [-0.1, -0.05) is 13.8 Å². The number of pyridine rings is 2. The highest BCUT2D eigenvalue weighted by molar-refractivity contribution is 5.92. The largest absolute Gasteiger partial charge is 0.464 e. The van der Waals surface area contributed by atoms with Gasteiger partial charge >= 0.3 is 5.97 Å². The lowest BCUT2D eigenvalue weighted by Gasteiger charge is -2.05. The summed E-state index contributed by atoms with van der Waals surface area (Å²) in [6.45, 7) is 4.00. The van der Waals surface area contributed by atoms with Crippen LogP contribution in [0.5, 0.6) is 0 Å². The van der Waals surface area contributed by atoms with Crippen LogP contribution in [0.4, 0.5) is 0 Å². The van der Waals surface area contributed by atoms with Crippen molar-refractivity contribution in [1.82, 2.24) is 9.97 Å². The molecule has 2 aromatic heterocycles. The molecular weight excluding hydrogens is 256 g/mol. The number of nitrogens with one attached hydrogen (secondary N) is 1. The molecule has 0 saturated carbocycles. The van der Waals surface area contributed by atoms with Gasteiger partial charge < -0.3 is 9.72 Å². The van der Waals surface area contributed by atoms with Crippen LogP contribution in [0.15, 0.2) is 17.1 Å². The minimum Gasteiger partial charge on any atom is -0.464 e. The summed E-state index contributed by atoms with van der Waals surface area (Å²) < 4.78 is 4.61. The molecule has 20 heavy (non-hydrogen) atoms. The number of fused-ring (bicyclic) bond motifs is 3. The van der Waals surface area contributed by atoms with Gasteiger partial charge in [0.05, 0.1) is 12.6 Å². The molecule has 3 rings (SSSR count). The van der Waals surface area contributed by atoms with Gasteiger partial charge in [-0.15, -0.1) is 0 Å². The first-order chi connectivity index (χ1) is 9.70. The quantitative estimate of drug-likeness (QED) is 0.809. The molecule has 1 aliphatic carbocycles. The standard InChI is InChI=1S/C13H12N2O3.C2H6/c1-18-13(17)11-5-10-9(6-14-11)7-3-2-4-8(7)12(16)15-10;1-2/h5-6H,2-4H2,1H3,(H,15,16);1-2H3. The lowest BCUT2D eigenvalue weighted by atomic mass is 10.1. The summed E-state index contributed by atoms with van der Waals surface area (Å²) in [5.41, 5.74) is 2.72. The first-order valence-corrected chi connectivity index (χ1v) is 6.83. The molecule has 2 heterocycles. The van der Waals surface area contributed by atoms with E-state index in [1.807, 2.05) is 13.8 Å². The van der Waals surface area contributed by atoms with E-state index < -0.39 is 5.97 Å². The molecule has 0 atom stereocenters. The van der Waals surface area contributed by atoms with Gasteiger partial charge in [0, 0.05) is 17.1 Å². The molecule has 0 bridgehead atoms. The van der Waals surface area contributed by atoms with E-state index in [-0.39, 0.29) is 11.3 Å². The van der Waals surface area contributed by atoms with Crippen molar-refractivity contribution in [3.05, 3.63) is 39.4 Å². The van der Waals surface area contributed by atoms with Crippen molar-refractivity contribution in [3.8, 4) is 0 Å². The maximum Gasteiger partial charge on any atom is 0.356 e. The van der Waals surface area contributed by atoms with Gasteiger partial charge in [-0.3, -0.25) is 4.79 Å². The Labute approximate surface area is 117 Å². The third-order valence-corrected chi connectivity index (χ3v) is 3.36. The number of aryl methyl sites for hydroxylation is 1. The molecule has 0 spiro atoms. The second-order valence-corrected chi connectivity index (χ2v) is 4.37. The first-order valence-electron chi connectivity index (χ1n) is 6.83. The maximum atomic E-state index is 11.9. The van der Waals surface area contributed by atoms with Crippen LogP contribution in [0.3, 0.4) is 0 Å². The summed E-state index contributed by atoms with van der Waals surface area (Å²) in [4.78, 5) is 30.2. The molecule has 0 aliphatic heterocycles. The number of carbonyl (C=O) groups excluding carboxylic acids is 1. The Hall–Kier alpha value is -2.17. The molecule has 0 fully saturated rings. The number of hydrogen-bond acceptors (Lipinski definition) is 4. The molecule has 1 aliphatic rings. The van der Waals surface area contributed by atoms with Gasteiger partial charge in [0.25, 0.3) is 5.56 Å². The Morgan fingerprint density at radius 3 is 2.70 bits per heavy atom. The molecule has 0 unspecified atom stereocenters. The van der Waals surface area contributed by atoms with E-state index in [9.17, 15) is 9.59 Å². The van der Waals surface area contributed by atoms with E-state index in [2.05, 4.69) is 14.7 Å². The van der Waals surface area contributed by atoms with Crippen molar-refractivity contribution in [2.24, 2.45) is 0 Å². The summed E-state index contributed by atoms with van der Waals surface area (Å²) in [6.07, 6.45) is 4.35. The van der Waals surface area contributed by atoms with Crippen LogP contribution in [0.2, 0.25) is 0 Å². The van der Waals surface area contributed by atoms with Crippen LogP contribution in [0, 0.1) is 0 Å². The molecule has 0 aromatic carbocycles. The van der Waals surface area contributed by atoms with Crippen molar-refractivity contribution in [3.63, 3.8) is 0 Å². The van der Waals surface area contributed by atoms with Crippen LogP contribution < -0.4 is 5.56 Å². The fourth-order valence-electron chi connectivity index (χ4n) is 2.50. The number of nitrogens with zero attached hydrogens (tertiary/aromatic N) is 1. The minimum atomic E-state index is -0.502. The summed E-state index contributed by atoms with van der Waals surface area (Å²) in [6, 6.07) is 1.57. The predicted molar refractivity (Wildman–Crippen MR) is 77.1 cm³/mol. The second kappa shape index (κ2) is 5.86. The number of aromatic nitrogens is 2. The van der Waals surface area contributed by atoms with Crippen LogP contribution in [0.25, 0.3) is 10.9 Å². The van der Waals surface area contributed by atoms with Crippen LogP contribution in [0.1, 0.15) is 41.9 Å². The number of hydrogen-bond donors (Lipinski definition) is 1. The molecular formula is C15H18N2O3. The van der Waals surface area contributed by atoms with Crippen LogP contribution >= 0.6 is 0 Å². The number of rotatable bonds is 1. The van der Waals surface area contributed by atoms with E-state index in [0.717, 1.165) is 35.8 Å². The number of esters is 1. The van der Waals surface area contributed by atoms with Gasteiger partial charge in [-0.2, -0.15) is 0 Å². The minimum absolute atomic E-state index is 0.0583. The Morgan fingerprint density at radius 2 is 2.00 bits per heavy atom. The van der Waals surface area contributed by atoms with E-state index in [1.165, 1.54) is 7.11 Å². The number of methoxy groups -OCH3 is 1. The zero-order chi connectivity index (χ0) is 14.7. The molecule has 5 nitrogen and oxygen atoms in total. The SMILES string of the molecule is CC.COC(=O)c1cc2[nH]c(=O)c3c(c2cn1)CCC3. The van der Waals surface area contributed by atoms with Gasteiger partial charge in [0.1, 0.15) is 5.69 Å². The predicted octanol–water partition coefficient (Wildman–Crippen LogP) is 2.22. The Kier molecular flexibility index (Phi) is 4.17. The van der Waals surface area contributed by atoms with E-state index >= 15 is 0 Å². The number of carbonyl (C=O) groups is 1. The zero-order valence-corrected chi connectivity index (χ0v) is 11.9. The van der Waals surface area contributed by atoms with Crippen molar-refractivity contribution in [2.75, 3.05) is 7.11 Å². The van der Waals surface area contributed by atoms with E-state index in [4.69, 9.17) is 0 Å². The molecule has 0 radical (unpaired) electrons. The molecule has 0 saturated heterocycles. The third kappa shape index (κ3) is 2.31. The summed E-state index contributed by atoms with van der Waals surface area (Å²) in [5, 5.41) is 0.926. The zero-order valence-electron chi connectivity index (χ0n) is 11.9. The fourth-order valence-corrected chi connectivity index (χ4v) is 2.50. The lowest BCUT2D eigenvalue weighted by Crippen LogP contribution is -2.13. The van der Waals surface area contributed by atoms with Gasteiger partial charge in [0.2, 0.25) is 0 Å². The fraction of sp³-hybridized carbons (Fsp3) is 0.400. The number of H-pyrrole nitrogens is 1. The Morgan fingerprint density at radius 1 is 1.30 bits per heavy atom. The highest BCUT2D eigenvalue weighted by Gasteiger charge is 2.19. The smallest absolute Gasteiger partial charge is 0.356 e. The van der Waals surface area contributed by atoms with Crippen molar-refractivity contribution >= 4 is 16.9 Å². The average molecular weight is 274 g/mol. The third-order valence-electron chi connectivity index (χ3n) is 3.36. The van der Waals surface area contributed by atoms with Gasteiger partial charge in [-0.25, -0.2) is 9.78 Å². The maximum absolute atomic E-state index is 11.9. The molecule has 1 N–H and O–H groups in total. The van der Waals surface area contributed by atoms with E-state index in [0.29, 0.717) is 5.52 Å². The Bertz CT molecular complexity index is 704. The van der Waals surface area contributed by atoms with Gasteiger partial charge in [-0.05, 0) is 30.9 Å². The number of ether oxygens (including phenoxy) is 1. The molecule has 106 valence electrons. The Balaban J connectivity index is 0.000000704. The lowest BCUT2D eigenvalue weighted by molar-refractivity contribution is 0.0594. The topological polar surface area (TPSA) is 72.1 Å². The highest BCUT2D eigenvalue weighted by Crippen LogP contribution is 2.25. The summed E-state index contributed by atoms with van der Waals surface area (Å²) in [7, 11) is 1.31. The van der Waals surface area contributed by atoms with E-state index in [1.54, 1.807) is 12.3 Å².